The molecule has 0 aliphatic carbocycles. The Morgan fingerprint density at radius 2 is 1.44 bits per heavy atom. The first kappa shape index (κ1) is 29.2. The summed E-state index contributed by atoms with van der Waals surface area (Å²) in [4.78, 5) is 33.4. The molecule has 0 aliphatic heterocycles. The summed E-state index contributed by atoms with van der Waals surface area (Å²) in [6.45, 7) is 0. The van der Waals surface area contributed by atoms with E-state index in [2.05, 4.69) is 15.3 Å². The molecule has 0 atom stereocenters. The number of nitrogens with zero attached hydrogens (tertiary/aromatic N) is 4. The van der Waals surface area contributed by atoms with E-state index in [1.807, 2.05) is 0 Å². The number of halogens is 6. The van der Waals surface area contributed by atoms with Crippen LogP contribution >= 0.6 is 0 Å². The second-order valence-electron chi connectivity index (χ2n) is 8.66. The third-order valence-corrected chi connectivity index (χ3v) is 5.51. The van der Waals surface area contributed by atoms with Crippen LogP contribution in [0.15, 0.2) is 48.5 Å². The molecule has 1 heterocycles. The molecule has 0 saturated carbocycles. The molecule has 2 N–H and O–H groups in total. The van der Waals surface area contributed by atoms with Crippen LogP contribution in [0, 0.1) is 0 Å². The van der Waals surface area contributed by atoms with Crippen molar-refractivity contribution in [3.05, 3.63) is 76.6 Å². The summed E-state index contributed by atoms with van der Waals surface area (Å²) in [5, 5.41) is 11.8. The lowest BCUT2D eigenvalue weighted by Gasteiger charge is -2.26. The zero-order valence-electron chi connectivity index (χ0n) is 20.9. The molecule has 0 aliphatic rings. The van der Waals surface area contributed by atoms with E-state index in [-0.39, 0.29) is 34.1 Å². The number of aliphatic carboxylic acids is 1. The fourth-order valence-electron chi connectivity index (χ4n) is 3.56. The minimum atomic E-state index is -4.82. The molecule has 0 fully saturated rings. The number of anilines is 3. The standard InChI is InChI=1S/C25H23F6N5O3/c1-35(2)21-18(13-20(37)38)22(36(3)25(29,30)31)34-19(33-21)12-14-4-10-17(11-5-14)32-23(39)15-6-8-16(9-7-15)24(26,27)28/h4-11H,12-13H2,1-3H3,(H,32,39)(H,37,38). The van der Waals surface area contributed by atoms with Crippen molar-refractivity contribution in [3.8, 4) is 0 Å². The average Bonchev–Trinajstić information content (AvgIpc) is 2.84. The predicted molar refractivity (Wildman–Crippen MR) is 131 cm³/mol. The van der Waals surface area contributed by atoms with Crippen molar-refractivity contribution >= 4 is 29.2 Å². The van der Waals surface area contributed by atoms with Gasteiger partial charge in [0, 0.05) is 44.4 Å². The van der Waals surface area contributed by atoms with Gasteiger partial charge in [-0.2, -0.15) is 26.3 Å². The molecule has 1 aromatic heterocycles. The number of carbonyl (C=O) groups excluding carboxylic acids is 1. The zero-order chi connectivity index (χ0) is 29.1. The minimum absolute atomic E-state index is 0.000443. The average molecular weight is 555 g/mol. The lowest BCUT2D eigenvalue weighted by molar-refractivity contribution is -0.138. The quantitative estimate of drug-likeness (QED) is 0.299. The van der Waals surface area contributed by atoms with E-state index in [1.54, 1.807) is 12.1 Å². The van der Waals surface area contributed by atoms with Crippen LogP contribution in [-0.2, 0) is 23.8 Å². The van der Waals surface area contributed by atoms with Crippen LogP contribution in [0.5, 0.6) is 0 Å². The van der Waals surface area contributed by atoms with Crippen molar-refractivity contribution in [2.75, 3.05) is 36.3 Å². The van der Waals surface area contributed by atoms with E-state index in [0.29, 0.717) is 11.3 Å². The van der Waals surface area contributed by atoms with Gasteiger partial charge in [0.25, 0.3) is 5.91 Å². The van der Waals surface area contributed by atoms with Crippen LogP contribution in [0.25, 0.3) is 0 Å². The maximum atomic E-state index is 13.5. The molecule has 3 rings (SSSR count). The van der Waals surface area contributed by atoms with Gasteiger partial charge in [-0.3, -0.25) is 14.5 Å². The number of hydrogen-bond donors (Lipinski definition) is 2. The summed E-state index contributed by atoms with van der Waals surface area (Å²) in [5.41, 5.74) is -0.174. The van der Waals surface area contributed by atoms with Crippen LogP contribution in [0.3, 0.4) is 0 Å². The molecular formula is C25H23F6N5O3. The van der Waals surface area contributed by atoms with E-state index in [9.17, 15) is 41.0 Å². The van der Waals surface area contributed by atoms with Crippen LogP contribution in [0.1, 0.15) is 32.9 Å². The largest absolute Gasteiger partial charge is 0.485 e. The van der Waals surface area contributed by atoms with Gasteiger partial charge in [-0.1, -0.05) is 12.1 Å². The summed E-state index contributed by atoms with van der Waals surface area (Å²) in [5.74, 6) is -2.54. The second kappa shape index (κ2) is 11.2. The highest BCUT2D eigenvalue weighted by atomic mass is 19.4. The van der Waals surface area contributed by atoms with Crippen LogP contribution in [0.4, 0.5) is 43.7 Å². The maximum absolute atomic E-state index is 13.5. The lowest BCUT2D eigenvalue weighted by Crippen LogP contribution is -2.36. The van der Waals surface area contributed by atoms with E-state index in [0.717, 1.165) is 31.3 Å². The number of carboxylic acids is 1. The van der Waals surface area contributed by atoms with Crippen molar-refractivity contribution in [3.63, 3.8) is 0 Å². The van der Waals surface area contributed by atoms with E-state index in [1.165, 1.54) is 31.1 Å². The third-order valence-electron chi connectivity index (χ3n) is 5.51. The Labute approximate surface area is 218 Å². The first-order chi connectivity index (χ1) is 18.1. The maximum Gasteiger partial charge on any atom is 0.485 e. The first-order valence-corrected chi connectivity index (χ1v) is 11.2. The number of aromatic nitrogens is 2. The Kier molecular flexibility index (Phi) is 8.36. The zero-order valence-corrected chi connectivity index (χ0v) is 20.9. The molecule has 0 bridgehead atoms. The lowest BCUT2D eigenvalue weighted by atomic mass is 10.1. The molecule has 8 nitrogen and oxygen atoms in total. The SMILES string of the molecule is CN(C)c1nc(Cc2ccc(NC(=O)c3ccc(C(F)(F)F)cc3)cc2)nc(N(C)C(F)(F)F)c1CC(=O)O. The molecule has 39 heavy (non-hydrogen) atoms. The van der Waals surface area contributed by atoms with Crippen molar-refractivity contribution in [2.45, 2.75) is 25.3 Å². The number of carbonyl (C=O) groups is 2. The Morgan fingerprint density at radius 1 is 0.872 bits per heavy atom. The van der Waals surface area contributed by atoms with Gasteiger partial charge in [0.05, 0.1) is 12.0 Å². The number of alkyl halides is 6. The van der Waals surface area contributed by atoms with Crippen LogP contribution < -0.4 is 15.1 Å². The molecular weight excluding hydrogens is 532 g/mol. The fourth-order valence-corrected chi connectivity index (χ4v) is 3.56. The normalized spacial score (nSPS) is 11.7. The van der Waals surface area contributed by atoms with Gasteiger partial charge in [-0.05, 0) is 42.0 Å². The molecule has 0 saturated heterocycles. The van der Waals surface area contributed by atoms with Gasteiger partial charge in [0.2, 0.25) is 0 Å². The Hall–Kier alpha value is -4.36. The highest BCUT2D eigenvalue weighted by molar-refractivity contribution is 6.04. The summed E-state index contributed by atoms with van der Waals surface area (Å²) < 4.78 is 78.7. The summed E-state index contributed by atoms with van der Waals surface area (Å²) in [6.07, 6.45) is -10.1. The molecule has 3 aromatic rings. The highest BCUT2D eigenvalue weighted by Gasteiger charge is 2.38. The molecule has 0 radical (unpaired) electrons. The summed E-state index contributed by atoms with van der Waals surface area (Å²) >= 11 is 0. The second-order valence-corrected chi connectivity index (χ2v) is 8.66. The molecule has 14 heteroatoms. The van der Waals surface area contributed by atoms with Crippen molar-refractivity contribution in [1.29, 1.82) is 0 Å². The van der Waals surface area contributed by atoms with Crippen LogP contribution in [0.2, 0.25) is 0 Å². The summed E-state index contributed by atoms with van der Waals surface area (Å²) in [7, 11) is 3.77. The molecule has 0 unspecified atom stereocenters. The number of carboxylic acid groups (broad SMARTS) is 1. The van der Waals surface area contributed by atoms with Gasteiger partial charge in [-0.25, -0.2) is 9.97 Å². The number of benzene rings is 2. The van der Waals surface area contributed by atoms with Crippen molar-refractivity contribution in [2.24, 2.45) is 0 Å². The molecule has 0 spiro atoms. The van der Waals surface area contributed by atoms with Gasteiger partial charge in [-0.15, -0.1) is 0 Å². The minimum Gasteiger partial charge on any atom is -0.481 e. The Balaban J connectivity index is 1.84. The topological polar surface area (TPSA) is 98.7 Å². The number of amides is 1. The number of nitrogens with one attached hydrogen (secondary N) is 1. The Bertz CT molecular complexity index is 1340. The van der Waals surface area contributed by atoms with Crippen molar-refractivity contribution in [1.82, 2.24) is 9.97 Å². The fraction of sp³-hybridized carbons (Fsp3) is 0.280. The monoisotopic (exact) mass is 555 g/mol. The molecule has 2 aromatic carbocycles. The highest BCUT2D eigenvalue weighted by Crippen LogP contribution is 2.33. The predicted octanol–water partition coefficient (Wildman–Crippen LogP) is 4.99. The van der Waals surface area contributed by atoms with Gasteiger partial charge < -0.3 is 15.3 Å². The van der Waals surface area contributed by atoms with E-state index in [4.69, 9.17) is 0 Å². The van der Waals surface area contributed by atoms with E-state index < -0.39 is 42.2 Å². The van der Waals surface area contributed by atoms with Crippen LogP contribution in [-0.4, -0.2) is 54.4 Å². The van der Waals surface area contributed by atoms with Gasteiger partial charge >= 0.3 is 18.4 Å². The summed E-state index contributed by atoms with van der Waals surface area (Å²) in [6, 6.07) is 9.85. The number of rotatable bonds is 8. The van der Waals surface area contributed by atoms with Crippen molar-refractivity contribution < 1.29 is 41.0 Å². The van der Waals surface area contributed by atoms with Gasteiger partial charge in [0.1, 0.15) is 17.5 Å². The Morgan fingerprint density at radius 3 is 1.92 bits per heavy atom. The van der Waals surface area contributed by atoms with E-state index >= 15 is 0 Å². The number of hydrogen-bond acceptors (Lipinski definition) is 6. The molecule has 208 valence electrons. The third kappa shape index (κ3) is 7.36. The first-order valence-electron chi connectivity index (χ1n) is 11.2. The smallest absolute Gasteiger partial charge is 0.481 e. The van der Waals surface area contributed by atoms with Gasteiger partial charge in [0.15, 0.2) is 0 Å². The molecule has 1 amide bonds.